The first kappa shape index (κ1) is 22.1. The summed E-state index contributed by atoms with van der Waals surface area (Å²) in [6.07, 6.45) is 9.39. The average Bonchev–Trinajstić information content (AvgIpc) is 3.31. The topological polar surface area (TPSA) is 66.7 Å². The van der Waals surface area contributed by atoms with Crippen molar-refractivity contribution in [1.29, 1.82) is 0 Å². The predicted octanol–water partition coefficient (Wildman–Crippen LogP) is 4.41. The highest BCUT2D eigenvalue weighted by atomic mass is 16.2. The third-order valence-corrected chi connectivity index (χ3v) is 6.70. The predicted molar refractivity (Wildman–Crippen MR) is 125 cm³/mol. The fraction of sp³-hybridized carbons (Fsp3) is 0.423. The Morgan fingerprint density at radius 2 is 1.78 bits per heavy atom. The van der Waals surface area contributed by atoms with Gasteiger partial charge in [-0.25, -0.2) is 4.98 Å². The highest BCUT2D eigenvalue weighted by Crippen LogP contribution is 2.29. The van der Waals surface area contributed by atoms with Crippen molar-refractivity contribution in [3.05, 3.63) is 71.7 Å². The van der Waals surface area contributed by atoms with Gasteiger partial charge in [0.05, 0.1) is 0 Å². The molecule has 1 N–H and O–H groups in total. The number of pyridine rings is 1. The molecule has 1 saturated heterocycles. The monoisotopic (exact) mass is 432 g/mol. The average molecular weight is 433 g/mol. The van der Waals surface area contributed by atoms with Crippen LogP contribution in [0.3, 0.4) is 0 Å². The zero-order valence-electron chi connectivity index (χ0n) is 19.0. The van der Waals surface area contributed by atoms with Crippen molar-refractivity contribution in [1.82, 2.24) is 19.6 Å². The van der Waals surface area contributed by atoms with Crippen LogP contribution in [0, 0.1) is 5.92 Å². The van der Waals surface area contributed by atoms with Crippen LogP contribution in [0.2, 0.25) is 0 Å². The number of hydrogen-bond donors (Lipinski definition) is 1. The molecule has 6 nitrogen and oxygen atoms in total. The van der Waals surface area contributed by atoms with Gasteiger partial charge in [-0.05, 0) is 67.0 Å². The van der Waals surface area contributed by atoms with Crippen LogP contribution in [0.15, 0.2) is 55.0 Å². The number of likely N-dealkylation sites (tertiary alicyclic amines) is 1. The molecule has 1 aliphatic rings. The van der Waals surface area contributed by atoms with E-state index >= 15 is 0 Å². The fourth-order valence-corrected chi connectivity index (χ4v) is 4.58. The molecule has 32 heavy (non-hydrogen) atoms. The second-order valence-electron chi connectivity index (χ2n) is 8.65. The summed E-state index contributed by atoms with van der Waals surface area (Å²) in [5, 5.41) is 2.99. The van der Waals surface area contributed by atoms with Gasteiger partial charge in [0.15, 0.2) is 0 Å². The van der Waals surface area contributed by atoms with E-state index in [9.17, 15) is 9.59 Å². The molecular weight excluding hydrogens is 400 g/mol. The first-order valence-corrected chi connectivity index (χ1v) is 11.7. The van der Waals surface area contributed by atoms with Gasteiger partial charge in [0, 0.05) is 49.7 Å². The Kier molecular flexibility index (Phi) is 6.88. The van der Waals surface area contributed by atoms with Crippen LogP contribution in [0.1, 0.15) is 66.9 Å². The molecule has 0 atom stereocenters. The van der Waals surface area contributed by atoms with Gasteiger partial charge in [-0.3, -0.25) is 9.59 Å². The highest BCUT2D eigenvalue weighted by molar-refractivity contribution is 5.94. The lowest BCUT2D eigenvalue weighted by atomic mass is 9.88. The number of fused-ring (bicyclic) bond motifs is 1. The Hall–Kier alpha value is -3.15. The number of nitrogens with zero attached hydrogens (tertiary/aromatic N) is 3. The van der Waals surface area contributed by atoms with E-state index in [0.29, 0.717) is 23.9 Å². The molecule has 0 radical (unpaired) electrons. The summed E-state index contributed by atoms with van der Waals surface area (Å²) >= 11 is 0. The maximum atomic E-state index is 12.6. The summed E-state index contributed by atoms with van der Waals surface area (Å²) in [4.78, 5) is 31.5. The second kappa shape index (κ2) is 9.98. The maximum Gasteiger partial charge on any atom is 0.251 e. The summed E-state index contributed by atoms with van der Waals surface area (Å²) in [5.74, 6) is 0.836. The standard InChI is InChI=1S/C26H32N4O2/c1-3-20(4-2)26(32)30-14-10-22(11-15-30)21-5-7-23(8-6-21)25(31)28-18-19-9-13-29-16-12-27-24(29)17-19/h5-9,12-13,16-17,20,22H,3-4,10-11,14-15,18H2,1-2H3,(H,28,31). The van der Waals surface area contributed by atoms with Crippen LogP contribution in [0.5, 0.6) is 0 Å². The van der Waals surface area contributed by atoms with Crippen LogP contribution in [-0.4, -0.2) is 39.2 Å². The molecule has 6 heteroatoms. The number of benzene rings is 1. The molecule has 0 bridgehead atoms. The second-order valence-corrected chi connectivity index (χ2v) is 8.65. The summed E-state index contributed by atoms with van der Waals surface area (Å²) in [5.41, 5.74) is 3.80. The van der Waals surface area contributed by atoms with E-state index in [2.05, 4.69) is 36.3 Å². The molecule has 2 aromatic heterocycles. The number of carbonyl (C=O) groups excluding carboxylic acids is 2. The van der Waals surface area contributed by atoms with E-state index in [1.54, 1.807) is 6.20 Å². The molecule has 3 aromatic rings. The third-order valence-electron chi connectivity index (χ3n) is 6.70. The number of piperidine rings is 1. The van der Waals surface area contributed by atoms with E-state index in [4.69, 9.17) is 0 Å². The van der Waals surface area contributed by atoms with Crippen LogP contribution in [0.4, 0.5) is 0 Å². The van der Waals surface area contributed by atoms with Gasteiger partial charge in [0.2, 0.25) is 5.91 Å². The summed E-state index contributed by atoms with van der Waals surface area (Å²) in [7, 11) is 0. The van der Waals surface area contributed by atoms with Gasteiger partial charge in [-0.1, -0.05) is 26.0 Å². The molecule has 1 fully saturated rings. The lowest BCUT2D eigenvalue weighted by Crippen LogP contribution is -2.41. The van der Waals surface area contributed by atoms with Crippen molar-refractivity contribution in [2.75, 3.05) is 13.1 Å². The van der Waals surface area contributed by atoms with Crippen LogP contribution in [0.25, 0.3) is 5.65 Å². The molecule has 0 aliphatic carbocycles. The van der Waals surface area contributed by atoms with Gasteiger partial charge in [-0.15, -0.1) is 0 Å². The lowest BCUT2D eigenvalue weighted by Gasteiger charge is -2.34. The Morgan fingerprint density at radius 3 is 2.47 bits per heavy atom. The lowest BCUT2D eigenvalue weighted by molar-refractivity contribution is -0.136. The molecule has 168 valence electrons. The zero-order valence-corrected chi connectivity index (χ0v) is 19.0. The molecule has 0 saturated carbocycles. The highest BCUT2D eigenvalue weighted by Gasteiger charge is 2.27. The van der Waals surface area contributed by atoms with E-state index in [-0.39, 0.29) is 11.8 Å². The van der Waals surface area contributed by atoms with Crippen molar-refractivity contribution < 1.29 is 9.59 Å². The Balaban J connectivity index is 1.30. The van der Waals surface area contributed by atoms with E-state index in [1.807, 2.05) is 46.0 Å². The number of carbonyl (C=O) groups is 2. The van der Waals surface area contributed by atoms with Crippen molar-refractivity contribution in [2.45, 2.75) is 52.0 Å². The summed E-state index contributed by atoms with van der Waals surface area (Å²) in [6.45, 7) is 6.29. The minimum atomic E-state index is -0.0784. The molecule has 0 unspecified atom stereocenters. The quantitative estimate of drug-likeness (QED) is 0.601. The summed E-state index contributed by atoms with van der Waals surface area (Å²) in [6, 6.07) is 11.9. The van der Waals surface area contributed by atoms with Crippen molar-refractivity contribution in [3.8, 4) is 0 Å². The van der Waals surface area contributed by atoms with Gasteiger partial charge in [-0.2, -0.15) is 0 Å². The number of rotatable bonds is 7. The SMILES string of the molecule is CCC(CC)C(=O)N1CCC(c2ccc(C(=O)NCc3ccn4ccnc4c3)cc2)CC1. The third kappa shape index (κ3) is 4.85. The van der Waals surface area contributed by atoms with Crippen molar-refractivity contribution in [2.24, 2.45) is 5.92 Å². The number of nitrogens with one attached hydrogen (secondary N) is 1. The fourth-order valence-electron chi connectivity index (χ4n) is 4.58. The molecule has 4 rings (SSSR count). The molecule has 2 amide bonds. The number of imidazole rings is 1. The van der Waals surface area contributed by atoms with Gasteiger partial charge < -0.3 is 14.6 Å². The Bertz CT molecular complexity index is 1060. The van der Waals surface area contributed by atoms with E-state index in [1.165, 1.54) is 5.56 Å². The zero-order chi connectivity index (χ0) is 22.5. The van der Waals surface area contributed by atoms with Crippen LogP contribution in [-0.2, 0) is 11.3 Å². The van der Waals surface area contributed by atoms with E-state index < -0.39 is 0 Å². The van der Waals surface area contributed by atoms with Crippen LogP contribution >= 0.6 is 0 Å². The van der Waals surface area contributed by atoms with E-state index in [0.717, 1.165) is 50.0 Å². The van der Waals surface area contributed by atoms with Gasteiger partial charge in [0.25, 0.3) is 5.91 Å². The first-order chi connectivity index (χ1) is 15.6. The number of amides is 2. The Morgan fingerprint density at radius 1 is 1.06 bits per heavy atom. The Labute approximate surface area is 189 Å². The van der Waals surface area contributed by atoms with Crippen molar-refractivity contribution in [3.63, 3.8) is 0 Å². The summed E-state index contributed by atoms with van der Waals surface area (Å²) < 4.78 is 1.94. The maximum absolute atomic E-state index is 12.6. The molecule has 1 aromatic carbocycles. The normalized spacial score (nSPS) is 14.8. The smallest absolute Gasteiger partial charge is 0.251 e. The largest absolute Gasteiger partial charge is 0.348 e. The molecule has 1 aliphatic heterocycles. The molecule has 3 heterocycles. The molecular formula is C26H32N4O2. The van der Waals surface area contributed by atoms with Crippen LogP contribution < -0.4 is 5.32 Å². The number of aromatic nitrogens is 2. The van der Waals surface area contributed by atoms with Crippen molar-refractivity contribution >= 4 is 17.5 Å². The van der Waals surface area contributed by atoms with Gasteiger partial charge >= 0.3 is 0 Å². The minimum Gasteiger partial charge on any atom is -0.348 e. The molecule has 0 spiro atoms. The van der Waals surface area contributed by atoms with Gasteiger partial charge in [0.1, 0.15) is 5.65 Å². The minimum absolute atomic E-state index is 0.0784. The first-order valence-electron chi connectivity index (χ1n) is 11.7. The number of hydrogen-bond acceptors (Lipinski definition) is 3.